The maximum Gasteiger partial charge on any atom is 0.310 e. The molecule has 0 aromatic heterocycles. The van der Waals surface area contributed by atoms with Gasteiger partial charge in [0.05, 0.1) is 13.0 Å². The molecule has 1 amide bonds. The third-order valence-electron chi connectivity index (χ3n) is 3.71. The van der Waals surface area contributed by atoms with Gasteiger partial charge in [-0.2, -0.15) is 0 Å². The number of carbonyl (C=O) groups is 2. The van der Waals surface area contributed by atoms with Gasteiger partial charge in [-0.1, -0.05) is 57.9 Å². The molecule has 0 aliphatic carbocycles. The number of aryl methyl sites for hydroxylation is 2. The number of ether oxygens (including phenoxy) is 1. The van der Waals surface area contributed by atoms with Gasteiger partial charge in [0.25, 0.3) is 0 Å². The van der Waals surface area contributed by atoms with E-state index in [1.165, 1.54) is 5.56 Å². The molecule has 4 nitrogen and oxygen atoms in total. The average Bonchev–Trinajstić information content (AvgIpc) is 2.60. The molecule has 0 saturated carbocycles. The van der Waals surface area contributed by atoms with Crippen LogP contribution in [0, 0.1) is 6.92 Å². The first-order chi connectivity index (χ1) is 12.0. The van der Waals surface area contributed by atoms with Crippen molar-refractivity contribution in [2.75, 3.05) is 13.2 Å². The fraction of sp³-hybridized carbons (Fsp3) is 0.300. The molecule has 0 atom stereocenters. The number of esters is 1. The molecule has 0 bridgehead atoms. The fourth-order valence-electron chi connectivity index (χ4n) is 2.28. The lowest BCUT2D eigenvalue weighted by Crippen LogP contribution is -2.28. The third kappa shape index (κ3) is 7.52. The Morgan fingerprint density at radius 3 is 2.32 bits per heavy atom. The maximum atomic E-state index is 11.8. The summed E-state index contributed by atoms with van der Waals surface area (Å²) in [5.74, 6) is -0.333. The number of benzene rings is 2. The molecule has 2 rings (SSSR count). The van der Waals surface area contributed by atoms with Crippen LogP contribution < -0.4 is 5.32 Å². The summed E-state index contributed by atoms with van der Waals surface area (Å²) in [7, 11) is 0. The molecule has 2 aromatic rings. The fourth-order valence-corrected chi connectivity index (χ4v) is 2.54. The Hall–Kier alpha value is -2.14. The van der Waals surface area contributed by atoms with Crippen LogP contribution in [0.3, 0.4) is 0 Å². The second-order valence-electron chi connectivity index (χ2n) is 5.86. The minimum atomic E-state index is -0.295. The molecule has 0 heterocycles. The largest absolute Gasteiger partial charge is 0.464 e. The lowest BCUT2D eigenvalue weighted by molar-refractivity contribution is -0.143. The molecular weight excluding hydrogens is 382 g/mol. The number of hydrogen-bond donors (Lipinski definition) is 1. The van der Waals surface area contributed by atoms with Gasteiger partial charge in [0.1, 0.15) is 6.61 Å². The van der Waals surface area contributed by atoms with Crippen LogP contribution in [0.25, 0.3) is 0 Å². The van der Waals surface area contributed by atoms with Crippen LogP contribution >= 0.6 is 15.9 Å². The van der Waals surface area contributed by atoms with Crippen LogP contribution in [0.15, 0.2) is 53.0 Å². The summed E-state index contributed by atoms with van der Waals surface area (Å²) in [6, 6.07) is 15.7. The lowest BCUT2D eigenvalue weighted by Gasteiger charge is -2.07. The van der Waals surface area contributed by atoms with Crippen LogP contribution in [0.4, 0.5) is 0 Å². The van der Waals surface area contributed by atoms with Gasteiger partial charge in [0, 0.05) is 10.9 Å². The molecule has 0 unspecified atom stereocenters. The van der Waals surface area contributed by atoms with Crippen molar-refractivity contribution < 1.29 is 14.3 Å². The third-order valence-corrected chi connectivity index (χ3v) is 4.24. The summed E-state index contributed by atoms with van der Waals surface area (Å²) in [6.07, 6.45) is 1.36. The highest BCUT2D eigenvalue weighted by atomic mass is 79.9. The van der Waals surface area contributed by atoms with Gasteiger partial charge in [-0.15, -0.1) is 0 Å². The van der Waals surface area contributed by atoms with E-state index >= 15 is 0 Å². The molecule has 132 valence electrons. The molecule has 0 aliphatic heterocycles. The zero-order valence-electron chi connectivity index (χ0n) is 14.3. The molecule has 0 saturated heterocycles. The van der Waals surface area contributed by atoms with Crippen molar-refractivity contribution >= 4 is 27.8 Å². The molecule has 0 fully saturated rings. The van der Waals surface area contributed by atoms with Gasteiger partial charge in [0.2, 0.25) is 5.91 Å². The summed E-state index contributed by atoms with van der Waals surface area (Å²) in [4.78, 5) is 23.5. The summed E-state index contributed by atoms with van der Waals surface area (Å²) in [6.45, 7) is 2.55. The van der Waals surface area contributed by atoms with Gasteiger partial charge >= 0.3 is 5.97 Å². The van der Waals surface area contributed by atoms with Crippen molar-refractivity contribution in [2.45, 2.75) is 26.2 Å². The quantitative estimate of drug-likeness (QED) is 0.541. The SMILES string of the molecule is Cc1ccc(CCC(=O)NCCOC(=O)Cc2ccc(Br)cc2)cc1. The van der Waals surface area contributed by atoms with Gasteiger partial charge < -0.3 is 10.1 Å². The van der Waals surface area contributed by atoms with Crippen molar-refractivity contribution in [3.05, 3.63) is 69.7 Å². The van der Waals surface area contributed by atoms with Crippen molar-refractivity contribution in [1.82, 2.24) is 5.32 Å². The number of carbonyl (C=O) groups excluding carboxylic acids is 2. The van der Waals surface area contributed by atoms with Crippen molar-refractivity contribution in [1.29, 1.82) is 0 Å². The predicted octanol–water partition coefficient (Wildman–Crippen LogP) is 3.59. The van der Waals surface area contributed by atoms with Crippen LogP contribution in [0.5, 0.6) is 0 Å². The van der Waals surface area contributed by atoms with E-state index in [0.29, 0.717) is 19.4 Å². The molecule has 0 radical (unpaired) electrons. The molecule has 0 aliphatic rings. The molecule has 25 heavy (non-hydrogen) atoms. The Labute approximate surface area is 156 Å². The second-order valence-corrected chi connectivity index (χ2v) is 6.77. The Morgan fingerprint density at radius 1 is 1.00 bits per heavy atom. The highest BCUT2D eigenvalue weighted by Crippen LogP contribution is 2.11. The van der Waals surface area contributed by atoms with Gasteiger partial charge in [-0.3, -0.25) is 9.59 Å². The van der Waals surface area contributed by atoms with E-state index in [1.807, 2.05) is 55.5 Å². The van der Waals surface area contributed by atoms with E-state index in [9.17, 15) is 9.59 Å². The second kappa shape index (κ2) is 9.99. The van der Waals surface area contributed by atoms with E-state index in [0.717, 1.165) is 15.6 Å². The zero-order chi connectivity index (χ0) is 18.1. The molecule has 2 aromatic carbocycles. The maximum absolute atomic E-state index is 11.8. The highest BCUT2D eigenvalue weighted by Gasteiger charge is 2.06. The van der Waals surface area contributed by atoms with Crippen molar-refractivity contribution in [2.24, 2.45) is 0 Å². The first-order valence-electron chi connectivity index (χ1n) is 8.25. The first kappa shape index (κ1) is 19.2. The van der Waals surface area contributed by atoms with Crippen LogP contribution in [0.2, 0.25) is 0 Å². The average molecular weight is 404 g/mol. The minimum Gasteiger partial charge on any atom is -0.464 e. The van der Waals surface area contributed by atoms with Crippen molar-refractivity contribution in [3.8, 4) is 0 Å². The van der Waals surface area contributed by atoms with Crippen LogP contribution in [0.1, 0.15) is 23.1 Å². The first-order valence-corrected chi connectivity index (χ1v) is 9.04. The molecule has 5 heteroatoms. The monoisotopic (exact) mass is 403 g/mol. The molecule has 1 N–H and O–H groups in total. The lowest BCUT2D eigenvalue weighted by atomic mass is 10.1. The molecular formula is C20H22BrNO3. The van der Waals surface area contributed by atoms with Crippen LogP contribution in [-0.2, 0) is 27.2 Å². The zero-order valence-corrected chi connectivity index (χ0v) is 15.8. The van der Waals surface area contributed by atoms with Gasteiger partial charge in [-0.25, -0.2) is 0 Å². The highest BCUT2D eigenvalue weighted by molar-refractivity contribution is 9.10. The number of rotatable bonds is 8. The topological polar surface area (TPSA) is 55.4 Å². The standard InChI is InChI=1S/C20H22BrNO3/c1-15-2-4-16(5-3-15)8-11-19(23)22-12-13-25-20(24)14-17-6-9-18(21)10-7-17/h2-7,9-10H,8,11-14H2,1H3,(H,22,23). The summed E-state index contributed by atoms with van der Waals surface area (Å²) in [5, 5.41) is 2.77. The number of halogens is 1. The summed E-state index contributed by atoms with van der Waals surface area (Å²) in [5.41, 5.74) is 3.25. The Kier molecular flexibility index (Phi) is 7.67. The number of hydrogen-bond acceptors (Lipinski definition) is 3. The van der Waals surface area contributed by atoms with E-state index < -0.39 is 0 Å². The van der Waals surface area contributed by atoms with Crippen LogP contribution in [-0.4, -0.2) is 25.0 Å². The summed E-state index contributed by atoms with van der Waals surface area (Å²) >= 11 is 3.35. The Morgan fingerprint density at radius 2 is 1.64 bits per heavy atom. The van der Waals surface area contributed by atoms with Crippen molar-refractivity contribution in [3.63, 3.8) is 0 Å². The number of nitrogens with one attached hydrogen (secondary N) is 1. The van der Waals surface area contributed by atoms with E-state index in [2.05, 4.69) is 21.2 Å². The van der Waals surface area contributed by atoms with E-state index in [4.69, 9.17) is 4.74 Å². The van der Waals surface area contributed by atoms with Gasteiger partial charge in [-0.05, 0) is 36.6 Å². The van der Waals surface area contributed by atoms with E-state index in [1.54, 1.807) is 0 Å². The number of amides is 1. The minimum absolute atomic E-state index is 0.0375. The van der Waals surface area contributed by atoms with E-state index in [-0.39, 0.29) is 24.9 Å². The molecule has 0 spiro atoms. The van der Waals surface area contributed by atoms with Gasteiger partial charge in [0.15, 0.2) is 0 Å². The normalized spacial score (nSPS) is 10.3. The Balaban J connectivity index is 1.58. The summed E-state index contributed by atoms with van der Waals surface area (Å²) < 4.78 is 6.11. The Bertz CT molecular complexity index is 696. The predicted molar refractivity (Wildman–Crippen MR) is 101 cm³/mol. The smallest absolute Gasteiger partial charge is 0.310 e.